The molecule has 0 aliphatic carbocycles. The van der Waals surface area contributed by atoms with Crippen LogP contribution in [0.25, 0.3) is 0 Å². The first-order valence-electron chi connectivity index (χ1n) is 6.22. The Bertz CT molecular complexity index is 398. The van der Waals surface area contributed by atoms with Gasteiger partial charge in [-0.15, -0.1) is 0 Å². The van der Waals surface area contributed by atoms with Gasteiger partial charge in [0, 0.05) is 31.4 Å². The van der Waals surface area contributed by atoms with Crippen molar-refractivity contribution in [1.29, 1.82) is 0 Å². The molecule has 0 amide bonds. The third-order valence-electron chi connectivity index (χ3n) is 3.76. The lowest BCUT2D eigenvalue weighted by Crippen LogP contribution is -2.45. The van der Waals surface area contributed by atoms with Crippen LogP contribution in [0.5, 0.6) is 5.88 Å². The van der Waals surface area contributed by atoms with Crippen molar-refractivity contribution in [2.45, 2.75) is 18.9 Å². The molecule has 5 nitrogen and oxygen atoms in total. The Morgan fingerprint density at radius 3 is 3.29 bits per heavy atom. The molecule has 17 heavy (non-hydrogen) atoms. The first-order valence-corrected chi connectivity index (χ1v) is 6.22. The third kappa shape index (κ3) is 2.07. The second-order valence-corrected chi connectivity index (χ2v) is 4.74. The Balaban J connectivity index is 1.75. The summed E-state index contributed by atoms with van der Waals surface area (Å²) in [6, 6.07) is 2.49. The van der Waals surface area contributed by atoms with E-state index in [2.05, 4.69) is 20.2 Å². The van der Waals surface area contributed by atoms with Gasteiger partial charge in [0.1, 0.15) is 0 Å². The molecular formula is C12H18N4O. The van der Waals surface area contributed by atoms with Crippen molar-refractivity contribution in [2.75, 3.05) is 31.6 Å². The van der Waals surface area contributed by atoms with Crippen molar-refractivity contribution in [1.82, 2.24) is 15.3 Å². The molecule has 5 heteroatoms. The van der Waals surface area contributed by atoms with Crippen molar-refractivity contribution < 1.29 is 4.74 Å². The predicted octanol–water partition coefficient (Wildman–Crippen LogP) is 0.673. The second kappa shape index (κ2) is 4.49. The minimum atomic E-state index is 0.640. The summed E-state index contributed by atoms with van der Waals surface area (Å²) in [4.78, 5) is 11.0. The molecule has 1 N–H and O–H groups in total. The quantitative estimate of drug-likeness (QED) is 0.815. The number of aromatic nitrogens is 2. The van der Waals surface area contributed by atoms with Crippen LogP contribution in [-0.2, 0) is 0 Å². The van der Waals surface area contributed by atoms with Gasteiger partial charge in [0.15, 0.2) is 0 Å². The van der Waals surface area contributed by atoms with E-state index >= 15 is 0 Å². The Labute approximate surface area is 101 Å². The van der Waals surface area contributed by atoms with E-state index in [1.54, 1.807) is 19.4 Å². The number of piperidine rings is 1. The smallest absolute Gasteiger partial charge is 0.228 e. The molecule has 1 aromatic rings. The number of nitrogens with zero attached hydrogens (tertiary/aromatic N) is 3. The molecule has 2 aliphatic heterocycles. The zero-order chi connectivity index (χ0) is 11.7. The summed E-state index contributed by atoms with van der Waals surface area (Å²) >= 11 is 0. The molecule has 2 aliphatic rings. The zero-order valence-corrected chi connectivity index (χ0v) is 10.1. The molecule has 3 heterocycles. The summed E-state index contributed by atoms with van der Waals surface area (Å²) in [7, 11) is 1.64. The van der Waals surface area contributed by atoms with Gasteiger partial charge in [-0.3, -0.25) is 0 Å². The Kier molecular flexibility index (Phi) is 2.84. The number of nitrogens with one attached hydrogen (secondary N) is 1. The highest BCUT2D eigenvalue weighted by Gasteiger charge is 2.33. The summed E-state index contributed by atoms with van der Waals surface area (Å²) in [5.74, 6) is 2.19. The number of anilines is 1. The lowest BCUT2D eigenvalue weighted by Gasteiger charge is -2.34. The Morgan fingerprint density at radius 1 is 1.47 bits per heavy atom. The van der Waals surface area contributed by atoms with E-state index in [0.717, 1.165) is 31.5 Å². The van der Waals surface area contributed by atoms with Crippen LogP contribution in [0.15, 0.2) is 12.3 Å². The van der Waals surface area contributed by atoms with Crippen LogP contribution >= 0.6 is 0 Å². The minimum Gasteiger partial charge on any atom is -0.481 e. The Hall–Kier alpha value is -1.36. The molecule has 1 aromatic heterocycles. The first-order chi connectivity index (χ1) is 8.36. The van der Waals surface area contributed by atoms with Gasteiger partial charge in [-0.2, -0.15) is 4.98 Å². The number of hydrogen-bond acceptors (Lipinski definition) is 5. The topological polar surface area (TPSA) is 50.3 Å². The van der Waals surface area contributed by atoms with E-state index in [-0.39, 0.29) is 0 Å². The van der Waals surface area contributed by atoms with E-state index in [0.29, 0.717) is 11.9 Å². The van der Waals surface area contributed by atoms with Crippen LogP contribution < -0.4 is 15.0 Å². The highest BCUT2D eigenvalue weighted by atomic mass is 16.5. The van der Waals surface area contributed by atoms with Crippen LogP contribution in [0.2, 0.25) is 0 Å². The van der Waals surface area contributed by atoms with Gasteiger partial charge in [-0.1, -0.05) is 0 Å². The van der Waals surface area contributed by atoms with Gasteiger partial charge in [0.25, 0.3) is 0 Å². The fourth-order valence-corrected chi connectivity index (χ4v) is 2.83. The van der Waals surface area contributed by atoms with Crippen LogP contribution in [0.4, 0.5) is 5.95 Å². The van der Waals surface area contributed by atoms with Gasteiger partial charge in [0.2, 0.25) is 11.8 Å². The lowest BCUT2D eigenvalue weighted by molar-refractivity contribution is 0.368. The summed E-state index contributed by atoms with van der Waals surface area (Å²) in [5.41, 5.74) is 0. The van der Waals surface area contributed by atoms with Gasteiger partial charge in [0.05, 0.1) is 7.11 Å². The van der Waals surface area contributed by atoms with Crippen molar-refractivity contribution >= 4 is 5.95 Å². The molecule has 0 radical (unpaired) electrons. The maximum absolute atomic E-state index is 5.14. The average molecular weight is 234 g/mol. The number of hydrogen-bond donors (Lipinski definition) is 1. The van der Waals surface area contributed by atoms with Crippen LogP contribution in [0.1, 0.15) is 12.8 Å². The van der Waals surface area contributed by atoms with Crippen molar-refractivity contribution in [3.8, 4) is 5.88 Å². The average Bonchev–Trinajstić information content (AvgIpc) is 2.86. The molecule has 0 aromatic carbocycles. The van der Waals surface area contributed by atoms with E-state index in [4.69, 9.17) is 4.74 Å². The van der Waals surface area contributed by atoms with Gasteiger partial charge < -0.3 is 15.0 Å². The van der Waals surface area contributed by atoms with Gasteiger partial charge in [-0.25, -0.2) is 4.98 Å². The molecule has 2 atom stereocenters. The van der Waals surface area contributed by atoms with E-state index in [1.807, 2.05) is 0 Å². The summed E-state index contributed by atoms with van der Waals surface area (Å²) in [5, 5.41) is 3.56. The fourth-order valence-electron chi connectivity index (χ4n) is 2.83. The van der Waals surface area contributed by atoms with Crippen molar-refractivity contribution in [3.05, 3.63) is 12.3 Å². The highest BCUT2D eigenvalue weighted by molar-refractivity contribution is 5.33. The van der Waals surface area contributed by atoms with Gasteiger partial charge in [-0.05, 0) is 25.3 Å². The van der Waals surface area contributed by atoms with Crippen LogP contribution in [-0.4, -0.2) is 42.8 Å². The monoisotopic (exact) mass is 234 g/mol. The molecular weight excluding hydrogens is 216 g/mol. The molecule has 2 fully saturated rings. The Morgan fingerprint density at radius 2 is 2.41 bits per heavy atom. The summed E-state index contributed by atoms with van der Waals surface area (Å²) in [6.07, 6.45) is 4.22. The zero-order valence-electron chi connectivity index (χ0n) is 10.1. The van der Waals surface area contributed by atoms with Crippen LogP contribution in [0, 0.1) is 5.92 Å². The lowest BCUT2D eigenvalue weighted by atomic mass is 9.94. The molecule has 92 valence electrons. The number of rotatable bonds is 2. The first kappa shape index (κ1) is 10.8. The highest BCUT2D eigenvalue weighted by Crippen LogP contribution is 2.26. The van der Waals surface area contributed by atoms with Gasteiger partial charge >= 0.3 is 0 Å². The normalized spacial score (nSPS) is 27.9. The maximum atomic E-state index is 5.14. The standard InChI is InChI=1S/C12H18N4O/c1-17-11-3-6-14-12(15-11)16-7-4-10-9(8-16)2-5-13-10/h3,6,9-10,13H,2,4-5,7-8H2,1H3. The summed E-state index contributed by atoms with van der Waals surface area (Å²) in [6.45, 7) is 3.24. The SMILES string of the molecule is COc1ccnc(N2CCC3NCCC3C2)n1. The molecule has 0 bridgehead atoms. The number of methoxy groups -OCH3 is 1. The largest absolute Gasteiger partial charge is 0.481 e. The number of fused-ring (bicyclic) bond motifs is 1. The van der Waals surface area contributed by atoms with E-state index in [9.17, 15) is 0 Å². The molecule has 0 saturated carbocycles. The van der Waals surface area contributed by atoms with Crippen molar-refractivity contribution in [2.24, 2.45) is 5.92 Å². The van der Waals surface area contributed by atoms with Crippen LogP contribution in [0.3, 0.4) is 0 Å². The van der Waals surface area contributed by atoms with Crippen molar-refractivity contribution in [3.63, 3.8) is 0 Å². The summed E-state index contributed by atoms with van der Waals surface area (Å²) < 4.78 is 5.14. The molecule has 2 unspecified atom stereocenters. The fraction of sp³-hybridized carbons (Fsp3) is 0.667. The van der Waals surface area contributed by atoms with E-state index in [1.165, 1.54) is 12.8 Å². The second-order valence-electron chi connectivity index (χ2n) is 4.74. The molecule has 2 saturated heterocycles. The minimum absolute atomic E-state index is 0.640. The predicted molar refractivity (Wildman–Crippen MR) is 65.3 cm³/mol. The molecule has 3 rings (SSSR count). The van der Waals surface area contributed by atoms with E-state index < -0.39 is 0 Å². The number of ether oxygens (including phenoxy) is 1. The third-order valence-corrected chi connectivity index (χ3v) is 3.76. The molecule has 0 spiro atoms. The maximum Gasteiger partial charge on any atom is 0.228 e.